The third-order valence-corrected chi connectivity index (χ3v) is 1.98. The van der Waals surface area contributed by atoms with Crippen LogP contribution in [0.25, 0.3) is 0 Å². The molecule has 1 aliphatic rings. The molecule has 0 saturated carbocycles. The first-order valence-corrected chi connectivity index (χ1v) is 4.46. The largest absolute Gasteiger partial charge is 0.405 e. The fourth-order valence-corrected chi connectivity index (χ4v) is 1.49. The van der Waals surface area contributed by atoms with Crippen molar-refractivity contribution in [3.8, 4) is 0 Å². The third-order valence-electron chi connectivity index (χ3n) is 1.98. The van der Waals surface area contributed by atoms with Gasteiger partial charge in [-0.1, -0.05) is 0 Å². The van der Waals surface area contributed by atoms with E-state index in [9.17, 15) is 23.1 Å². The molecule has 0 radical (unpaired) electrons. The van der Waals surface area contributed by atoms with Crippen molar-refractivity contribution in [3.63, 3.8) is 0 Å². The smallest absolute Gasteiger partial charge is 0.388 e. The Hall–Kier alpha value is -0.820. The number of nitrogens with zero attached hydrogens (tertiary/aromatic N) is 1. The van der Waals surface area contributed by atoms with Crippen LogP contribution >= 0.6 is 0 Å². The fourth-order valence-electron chi connectivity index (χ4n) is 1.49. The van der Waals surface area contributed by atoms with Crippen LogP contribution in [0, 0.1) is 0 Å². The van der Waals surface area contributed by atoms with Gasteiger partial charge in [-0.25, -0.2) is 0 Å². The van der Waals surface area contributed by atoms with Gasteiger partial charge in [0, 0.05) is 13.1 Å². The molecular formula is C8H13F3N2O2. The molecule has 0 aromatic rings. The quantitative estimate of drug-likeness (QED) is 0.696. The van der Waals surface area contributed by atoms with Gasteiger partial charge in [0.2, 0.25) is 5.91 Å². The molecule has 0 aromatic heterocycles. The van der Waals surface area contributed by atoms with Crippen molar-refractivity contribution in [1.82, 2.24) is 10.2 Å². The van der Waals surface area contributed by atoms with Gasteiger partial charge in [0.25, 0.3) is 0 Å². The van der Waals surface area contributed by atoms with Crippen molar-refractivity contribution in [2.75, 3.05) is 26.2 Å². The Labute approximate surface area is 85.1 Å². The lowest BCUT2D eigenvalue weighted by Gasteiger charge is -2.43. The first-order chi connectivity index (χ1) is 6.68. The number of hydrogen-bond donors (Lipinski definition) is 2. The van der Waals surface area contributed by atoms with Crippen molar-refractivity contribution in [1.29, 1.82) is 0 Å². The number of carbonyl (C=O) groups excluding carboxylic acids is 1. The van der Waals surface area contributed by atoms with Crippen LogP contribution < -0.4 is 5.32 Å². The van der Waals surface area contributed by atoms with Crippen molar-refractivity contribution in [2.45, 2.75) is 18.7 Å². The lowest BCUT2D eigenvalue weighted by molar-refractivity contribution is -0.143. The molecule has 0 spiro atoms. The van der Waals surface area contributed by atoms with E-state index < -0.39 is 24.2 Å². The Kier molecular flexibility index (Phi) is 3.25. The van der Waals surface area contributed by atoms with Gasteiger partial charge in [-0.15, -0.1) is 0 Å². The molecule has 1 rings (SSSR count). The Morgan fingerprint density at radius 2 is 2.07 bits per heavy atom. The fraction of sp³-hybridized carbons (Fsp3) is 0.875. The predicted molar refractivity (Wildman–Crippen MR) is 46.1 cm³/mol. The molecule has 0 bridgehead atoms. The van der Waals surface area contributed by atoms with Gasteiger partial charge in [0.15, 0.2) is 0 Å². The third kappa shape index (κ3) is 4.48. The van der Waals surface area contributed by atoms with Gasteiger partial charge >= 0.3 is 6.18 Å². The number of likely N-dealkylation sites (tertiary alicyclic amines) is 1. The second kappa shape index (κ2) is 3.97. The topological polar surface area (TPSA) is 52.6 Å². The summed E-state index contributed by atoms with van der Waals surface area (Å²) in [6, 6.07) is 0. The molecule has 88 valence electrons. The SMILES string of the molecule is CC1(O)CN(CC(=O)NCC(F)(F)F)C1. The average Bonchev–Trinajstić information content (AvgIpc) is 1.96. The zero-order chi connectivity index (χ0) is 11.7. The summed E-state index contributed by atoms with van der Waals surface area (Å²) in [5.41, 5.74) is -0.815. The van der Waals surface area contributed by atoms with E-state index in [0.717, 1.165) is 0 Å². The summed E-state index contributed by atoms with van der Waals surface area (Å²) >= 11 is 0. The summed E-state index contributed by atoms with van der Waals surface area (Å²) in [5.74, 6) is -0.678. The normalized spacial score (nSPS) is 20.9. The van der Waals surface area contributed by atoms with Crippen LogP contribution in [-0.2, 0) is 4.79 Å². The van der Waals surface area contributed by atoms with E-state index in [4.69, 9.17) is 0 Å². The molecule has 1 heterocycles. The van der Waals surface area contributed by atoms with E-state index in [0.29, 0.717) is 13.1 Å². The minimum Gasteiger partial charge on any atom is -0.388 e. The molecular weight excluding hydrogens is 213 g/mol. The lowest BCUT2D eigenvalue weighted by Crippen LogP contribution is -2.61. The minimum absolute atomic E-state index is 0.105. The van der Waals surface area contributed by atoms with Gasteiger partial charge in [0.05, 0.1) is 12.1 Å². The Bertz CT molecular complexity index is 245. The number of rotatable bonds is 3. The highest BCUT2D eigenvalue weighted by molar-refractivity contribution is 5.78. The van der Waals surface area contributed by atoms with E-state index in [2.05, 4.69) is 0 Å². The monoisotopic (exact) mass is 226 g/mol. The zero-order valence-corrected chi connectivity index (χ0v) is 8.26. The summed E-state index contributed by atoms with van der Waals surface area (Å²) in [6.07, 6.45) is -4.38. The van der Waals surface area contributed by atoms with E-state index in [1.807, 2.05) is 0 Å². The molecule has 0 unspecified atom stereocenters. The molecule has 1 aliphatic heterocycles. The minimum atomic E-state index is -4.38. The number of aliphatic hydroxyl groups is 1. The van der Waals surface area contributed by atoms with Crippen molar-refractivity contribution >= 4 is 5.91 Å². The molecule has 1 amide bonds. The van der Waals surface area contributed by atoms with E-state index in [-0.39, 0.29) is 6.54 Å². The highest BCUT2D eigenvalue weighted by atomic mass is 19.4. The summed E-state index contributed by atoms with van der Waals surface area (Å²) in [6.45, 7) is 0.818. The Balaban J connectivity index is 2.16. The number of halogens is 3. The number of hydrogen-bond acceptors (Lipinski definition) is 3. The molecule has 1 fully saturated rings. The van der Waals surface area contributed by atoms with Gasteiger partial charge in [-0.3, -0.25) is 9.69 Å². The van der Waals surface area contributed by atoms with Crippen LogP contribution in [0.5, 0.6) is 0 Å². The van der Waals surface area contributed by atoms with Gasteiger partial charge in [0.1, 0.15) is 6.54 Å². The second-order valence-corrected chi connectivity index (χ2v) is 4.03. The summed E-state index contributed by atoms with van der Waals surface area (Å²) in [5, 5.41) is 11.1. The number of β-amino-alcohol motifs (C(OH)–C–C–N with tert-alkyl or cyclic N) is 1. The van der Waals surface area contributed by atoms with Crippen LogP contribution in [0.2, 0.25) is 0 Å². The van der Waals surface area contributed by atoms with Crippen LogP contribution in [0.3, 0.4) is 0 Å². The zero-order valence-electron chi connectivity index (χ0n) is 8.26. The van der Waals surface area contributed by atoms with Crippen LogP contribution in [-0.4, -0.2) is 53.9 Å². The molecule has 0 aliphatic carbocycles. The van der Waals surface area contributed by atoms with Gasteiger partial charge < -0.3 is 10.4 Å². The summed E-state index contributed by atoms with van der Waals surface area (Å²) in [7, 11) is 0. The van der Waals surface area contributed by atoms with Crippen LogP contribution in [0.4, 0.5) is 13.2 Å². The maximum Gasteiger partial charge on any atom is 0.405 e. The highest BCUT2D eigenvalue weighted by Crippen LogP contribution is 2.18. The number of nitrogens with one attached hydrogen (secondary N) is 1. The molecule has 0 aromatic carbocycles. The molecule has 1 saturated heterocycles. The van der Waals surface area contributed by atoms with Crippen molar-refractivity contribution in [3.05, 3.63) is 0 Å². The number of alkyl halides is 3. The van der Waals surface area contributed by atoms with E-state index in [1.165, 1.54) is 0 Å². The first kappa shape index (κ1) is 12.3. The molecule has 15 heavy (non-hydrogen) atoms. The van der Waals surface area contributed by atoms with E-state index >= 15 is 0 Å². The summed E-state index contributed by atoms with van der Waals surface area (Å²) < 4.78 is 35.1. The molecule has 2 N–H and O–H groups in total. The second-order valence-electron chi connectivity index (χ2n) is 4.03. The lowest BCUT2D eigenvalue weighted by atomic mass is 9.97. The van der Waals surface area contributed by atoms with E-state index in [1.54, 1.807) is 17.1 Å². The Morgan fingerprint density at radius 1 is 1.53 bits per heavy atom. The predicted octanol–water partition coefficient (Wildman–Crippen LogP) is -0.269. The van der Waals surface area contributed by atoms with Crippen LogP contribution in [0.1, 0.15) is 6.92 Å². The Morgan fingerprint density at radius 3 is 2.47 bits per heavy atom. The molecule has 0 atom stereocenters. The number of amides is 1. The standard InChI is InChI=1S/C8H13F3N2O2/c1-7(15)4-13(5-7)2-6(14)12-3-8(9,10)11/h15H,2-5H2,1H3,(H,12,14). The number of carbonyl (C=O) groups is 1. The first-order valence-electron chi connectivity index (χ1n) is 4.46. The van der Waals surface area contributed by atoms with Crippen LogP contribution in [0.15, 0.2) is 0 Å². The van der Waals surface area contributed by atoms with Crippen molar-refractivity contribution < 1.29 is 23.1 Å². The van der Waals surface area contributed by atoms with Gasteiger partial charge in [-0.2, -0.15) is 13.2 Å². The maximum absolute atomic E-state index is 11.7. The van der Waals surface area contributed by atoms with Crippen molar-refractivity contribution in [2.24, 2.45) is 0 Å². The summed E-state index contributed by atoms with van der Waals surface area (Å²) in [4.78, 5) is 12.5. The van der Waals surface area contributed by atoms with Gasteiger partial charge in [-0.05, 0) is 6.92 Å². The molecule has 4 nitrogen and oxygen atoms in total. The average molecular weight is 226 g/mol. The maximum atomic E-state index is 11.7. The highest BCUT2D eigenvalue weighted by Gasteiger charge is 2.37. The molecule has 7 heteroatoms.